The molecule has 0 atom stereocenters. The van der Waals surface area contributed by atoms with E-state index in [0.717, 1.165) is 6.20 Å². The summed E-state index contributed by atoms with van der Waals surface area (Å²) in [4.78, 5) is 14.3. The predicted molar refractivity (Wildman–Crippen MR) is 47.6 cm³/mol. The van der Waals surface area contributed by atoms with Crippen molar-refractivity contribution >= 4 is 6.29 Å². The summed E-state index contributed by atoms with van der Waals surface area (Å²) in [5, 5.41) is 0. The lowest BCUT2D eigenvalue weighted by Crippen LogP contribution is -2.18. The second-order valence-corrected chi connectivity index (χ2v) is 2.84. The maximum atomic E-state index is 12.0. The molecule has 1 rings (SSSR count). The lowest BCUT2D eigenvalue weighted by molar-refractivity contribution is -0.274. The highest BCUT2D eigenvalue weighted by atomic mass is 19.4. The Morgan fingerprint density at radius 2 is 2.06 bits per heavy atom. The van der Waals surface area contributed by atoms with Gasteiger partial charge in [0, 0.05) is 5.56 Å². The zero-order chi connectivity index (χ0) is 12.3. The van der Waals surface area contributed by atoms with Crippen LogP contribution in [0.25, 0.3) is 0 Å². The Morgan fingerprint density at radius 3 is 2.50 bits per heavy atom. The molecule has 0 amide bonds. The highest BCUT2D eigenvalue weighted by Crippen LogP contribution is 2.29. The van der Waals surface area contributed by atoms with E-state index < -0.39 is 12.1 Å². The zero-order valence-corrected chi connectivity index (χ0v) is 8.46. The molecule has 0 bridgehead atoms. The lowest BCUT2D eigenvalue weighted by atomic mass is 10.1. The first-order valence-electron chi connectivity index (χ1n) is 4.13. The Bertz CT molecular complexity index is 404. The minimum absolute atomic E-state index is 0.0802. The van der Waals surface area contributed by atoms with E-state index in [4.69, 9.17) is 4.74 Å². The van der Waals surface area contributed by atoms with Crippen LogP contribution in [0.1, 0.15) is 15.9 Å². The van der Waals surface area contributed by atoms with Gasteiger partial charge in [0.05, 0.1) is 18.9 Å². The van der Waals surface area contributed by atoms with E-state index in [1.807, 2.05) is 0 Å². The summed E-state index contributed by atoms with van der Waals surface area (Å²) in [6, 6.07) is 0. The lowest BCUT2D eigenvalue weighted by Gasteiger charge is -2.13. The second kappa shape index (κ2) is 4.38. The third-order valence-electron chi connectivity index (χ3n) is 1.83. The topological polar surface area (TPSA) is 48.4 Å². The predicted octanol–water partition coefficient (Wildman–Crippen LogP) is 2.11. The minimum atomic E-state index is -4.86. The van der Waals surface area contributed by atoms with Crippen LogP contribution in [-0.4, -0.2) is 24.7 Å². The quantitative estimate of drug-likeness (QED) is 0.753. The minimum Gasteiger partial charge on any atom is -0.481 e. The number of halogens is 3. The molecular weight excluding hydrogens is 227 g/mol. The molecule has 0 unspecified atom stereocenters. The molecule has 0 radical (unpaired) electrons. The number of ether oxygens (including phenoxy) is 2. The maximum absolute atomic E-state index is 12.0. The summed E-state index contributed by atoms with van der Waals surface area (Å²) < 4.78 is 44.3. The SMILES string of the molecule is COc1ncc(OC(F)(F)F)c(C=O)c1C. The standard InChI is InChI=1S/C9H8F3NO3/c1-5-6(4-14)7(16-9(10,11)12)3-13-8(5)15-2/h3-4H,1-2H3. The molecule has 16 heavy (non-hydrogen) atoms. The van der Waals surface area contributed by atoms with E-state index in [-0.39, 0.29) is 23.3 Å². The molecule has 88 valence electrons. The fourth-order valence-corrected chi connectivity index (χ4v) is 1.14. The Kier molecular flexibility index (Phi) is 3.36. The number of hydrogen-bond donors (Lipinski definition) is 0. The van der Waals surface area contributed by atoms with Gasteiger partial charge in [0.25, 0.3) is 0 Å². The third kappa shape index (κ3) is 2.62. The Morgan fingerprint density at radius 1 is 1.44 bits per heavy atom. The van der Waals surface area contributed by atoms with E-state index in [1.54, 1.807) is 0 Å². The van der Waals surface area contributed by atoms with Gasteiger partial charge < -0.3 is 9.47 Å². The van der Waals surface area contributed by atoms with Crippen LogP contribution in [0, 0.1) is 6.92 Å². The van der Waals surface area contributed by atoms with E-state index >= 15 is 0 Å². The molecule has 1 aromatic heterocycles. The third-order valence-corrected chi connectivity index (χ3v) is 1.83. The van der Waals surface area contributed by atoms with Crippen molar-refractivity contribution in [3.63, 3.8) is 0 Å². The van der Waals surface area contributed by atoms with Crippen LogP contribution in [0.5, 0.6) is 11.6 Å². The molecule has 0 fully saturated rings. The molecule has 0 aromatic carbocycles. The van der Waals surface area contributed by atoms with Gasteiger partial charge in [0.15, 0.2) is 12.0 Å². The number of carbonyl (C=O) groups is 1. The van der Waals surface area contributed by atoms with E-state index in [1.165, 1.54) is 14.0 Å². The maximum Gasteiger partial charge on any atom is 0.573 e. The number of rotatable bonds is 3. The van der Waals surface area contributed by atoms with E-state index in [2.05, 4.69) is 9.72 Å². The summed E-state index contributed by atoms with van der Waals surface area (Å²) >= 11 is 0. The number of nitrogens with zero attached hydrogens (tertiary/aromatic N) is 1. The Labute approximate surface area is 89.0 Å². The van der Waals surface area contributed by atoms with Gasteiger partial charge in [0.2, 0.25) is 5.88 Å². The number of hydrogen-bond acceptors (Lipinski definition) is 4. The van der Waals surface area contributed by atoms with Crippen LogP contribution in [0.2, 0.25) is 0 Å². The molecule has 4 nitrogen and oxygen atoms in total. The number of aldehydes is 1. The largest absolute Gasteiger partial charge is 0.573 e. The van der Waals surface area contributed by atoms with Crippen LogP contribution < -0.4 is 9.47 Å². The number of methoxy groups -OCH3 is 1. The highest BCUT2D eigenvalue weighted by Gasteiger charge is 2.33. The summed E-state index contributed by atoms with van der Waals surface area (Å²) in [7, 11) is 1.30. The number of aromatic nitrogens is 1. The first kappa shape index (κ1) is 12.3. The van der Waals surface area contributed by atoms with Gasteiger partial charge in [-0.15, -0.1) is 13.2 Å². The zero-order valence-electron chi connectivity index (χ0n) is 8.46. The molecule has 0 aliphatic carbocycles. The molecular formula is C9H8F3NO3. The van der Waals surface area contributed by atoms with Crippen molar-refractivity contribution in [1.29, 1.82) is 0 Å². The van der Waals surface area contributed by atoms with Gasteiger partial charge in [-0.05, 0) is 6.92 Å². The fourth-order valence-electron chi connectivity index (χ4n) is 1.14. The molecule has 0 saturated heterocycles. The monoisotopic (exact) mass is 235 g/mol. The number of carbonyl (C=O) groups excluding carboxylic acids is 1. The average molecular weight is 235 g/mol. The van der Waals surface area contributed by atoms with Gasteiger partial charge in [-0.1, -0.05) is 0 Å². The van der Waals surface area contributed by atoms with Gasteiger partial charge >= 0.3 is 6.36 Å². The fraction of sp³-hybridized carbons (Fsp3) is 0.333. The van der Waals surface area contributed by atoms with Crippen molar-refractivity contribution in [3.05, 3.63) is 17.3 Å². The molecule has 1 aromatic rings. The summed E-state index contributed by atoms with van der Waals surface area (Å²) in [5.41, 5.74) is -0.0385. The molecule has 0 aliphatic rings. The smallest absolute Gasteiger partial charge is 0.481 e. The van der Waals surface area contributed by atoms with Gasteiger partial charge in [0.1, 0.15) is 0 Å². The number of pyridine rings is 1. The molecule has 1 heterocycles. The van der Waals surface area contributed by atoms with E-state index in [9.17, 15) is 18.0 Å². The van der Waals surface area contributed by atoms with Crippen molar-refractivity contribution in [2.75, 3.05) is 7.11 Å². The normalized spacial score (nSPS) is 11.1. The average Bonchev–Trinajstić information content (AvgIpc) is 2.16. The van der Waals surface area contributed by atoms with Crippen LogP contribution in [0.4, 0.5) is 13.2 Å². The van der Waals surface area contributed by atoms with Gasteiger partial charge in [-0.2, -0.15) is 0 Å². The van der Waals surface area contributed by atoms with Gasteiger partial charge in [-0.3, -0.25) is 4.79 Å². The highest BCUT2D eigenvalue weighted by molar-refractivity contribution is 5.82. The first-order valence-corrected chi connectivity index (χ1v) is 4.13. The summed E-state index contributed by atoms with van der Waals surface area (Å²) in [5.74, 6) is -0.558. The van der Waals surface area contributed by atoms with E-state index in [0.29, 0.717) is 0 Å². The van der Waals surface area contributed by atoms with Gasteiger partial charge in [-0.25, -0.2) is 4.98 Å². The molecule has 0 spiro atoms. The van der Waals surface area contributed by atoms with Crippen LogP contribution in [0.15, 0.2) is 6.20 Å². The van der Waals surface area contributed by atoms with Crippen LogP contribution in [0.3, 0.4) is 0 Å². The molecule has 0 N–H and O–H groups in total. The van der Waals surface area contributed by atoms with Crippen molar-refractivity contribution in [2.45, 2.75) is 13.3 Å². The van der Waals surface area contributed by atoms with Crippen LogP contribution in [-0.2, 0) is 0 Å². The molecule has 7 heteroatoms. The first-order chi connectivity index (χ1) is 7.39. The van der Waals surface area contributed by atoms with Crippen molar-refractivity contribution in [3.8, 4) is 11.6 Å². The Balaban J connectivity index is 3.21. The summed E-state index contributed by atoms with van der Waals surface area (Å²) in [6.07, 6.45) is -3.80. The van der Waals surface area contributed by atoms with Crippen molar-refractivity contribution in [1.82, 2.24) is 4.98 Å². The molecule has 0 aliphatic heterocycles. The molecule has 0 saturated carbocycles. The Hall–Kier alpha value is -1.79. The van der Waals surface area contributed by atoms with Crippen molar-refractivity contribution < 1.29 is 27.4 Å². The van der Waals surface area contributed by atoms with Crippen molar-refractivity contribution in [2.24, 2.45) is 0 Å². The van der Waals surface area contributed by atoms with Crippen LogP contribution >= 0.6 is 0 Å². The second-order valence-electron chi connectivity index (χ2n) is 2.84. The number of alkyl halides is 3. The summed E-state index contributed by atoms with van der Waals surface area (Å²) in [6.45, 7) is 1.42.